The van der Waals surface area contributed by atoms with Gasteiger partial charge >= 0.3 is 5.69 Å². The molecule has 0 aliphatic rings. The SMILES string of the molecule is CCOC(C)(C)CNc1n[nH]c(=O)[nH]c1=O. The van der Waals surface area contributed by atoms with Crippen molar-refractivity contribution in [2.24, 2.45) is 0 Å². The van der Waals surface area contributed by atoms with Gasteiger partial charge in [0.2, 0.25) is 5.82 Å². The molecule has 90 valence electrons. The van der Waals surface area contributed by atoms with Crippen molar-refractivity contribution in [1.82, 2.24) is 15.2 Å². The number of anilines is 1. The van der Waals surface area contributed by atoms with E-state index < -0.39 is 16.9 Å². The molecule has 3 N–H and O–H groups in total. The second-order valence-electron chi connectivity index (χ2n) is 3.90. The Morgan fingerprint density at radius 3 is 2.69 bits per heavy atom. The quantitative estimate of drug-likeness (QED) is 0.641. The van der Waals surface area contributed by atoms with Gasteiger partial charge in [-0.2, -0.15) is 0 Å². The molecule has 0 saturated heterocycles. The fraction of sp³-hybridized carbons (Fsp3) is 0.667. The molecule has 0 spiro atoms. The van der Waals surface area contributed by atoms with Gasteiger partial charge in [-0.15, -0.1) is 5.10 Å². The lowest BCUT2D eigenvalue weighted by Crippen LogP contribution is -2.36. The van der Waals surface area contributed by atoms with Gasteiger partial charge in [0.15, 0.2) is 0 Å². The normalized spacial score (nSPS) is 11.4. The summed E-state index contributed by atoms with van der Waals surface area (Å²) in [5, 5.41) is 8.55. The first-order chi connectivity index (χ1) is 7.44. The predicted octanol–water partition coefficient (Wildman–Crippen LogP) is -0.315. The minimum Gasteiger partial charge on any atom is -0.374 e. The summed E-state index contributed by atoms with van der Waals surface area (Å²) in [4.78, 5) is 24.1. The Morgan fingerprint density at radius 1 is 1.44 bits per heavy atom. The van der Waals surface area contributed by atoms with Crippen molar-refractivity contribution >= 4 is 5.82 Å². The maximum absolute atomic E-state index is 11.3. The molecule has 1 aromatic heterocycles. The van der Waals surface area contributed by atoms with E-state index in [0.717, 1.165) is 0 Å². The highest BCUT2D eigenvalue weighted by Crippen LogP contribution is 2.08. The van der Waals surface area contributed by atoms with E-state index >= 15 is 0 Å². The third-order valence-corrected chi connectivity index (χ3v) is 1.93. The lowest BCUT2D eigenvalue weighted by Gasteiger charge is -2.24. The summed E-state index contributed by atoms with van der Waals surface area (Å²) in [6.07, 6.45) is 0. The number of aromatic nitrogens is 3. The molecule has 0 aromatic carbocycles. The smallest absolute Gasteiger partial charge is 0.342 e. The van der Waals surface area contributed by atoms with Crippen molar-refractivity contribution in [3.63, 3.8) is 0 Å². The zero-order valence-corrected chi connectivity index (χ0v) is 9.59. The van der Waals surface area contributed by atoms with Crippen LogP contribution in [0.5, 0.6) is 0 Å². The molecular weight excluding hydrogens is 212 g/mol. The van der Waals surface area contributed by atoms with Gasteiger partial charge in [-0.25, -0.2) is 9.89 Å². The minimum atomic E-state index is -0.625. The second-order valence-corrected chi connectivity index (χ2v) is 3.90. The van der Waals surface area contributed by atoms with Crippen LogP contribution in [-0.2, 0) is 4.74 Å². The van der Waals surface area contributed by atoms with Crippen LogP contribution in [0.25, 0.3) is 0 Å². The fourth-order valence-corrected chi connectivity index (χ4v) is 1.21. The molecule has 0 radical (unpaired) electrons. The lowest BCUT2D eigenvalue weighted by molar-refractivity contribution is 0.000613. The molecule has 1 heterocycles. The Morgan fingerprint density at radius 2 is 2.12 bits per heavy atom. The molecule has 7 heteroatoms. The highest BCUT2D eigenvalue weighted by Gasteiger charge is 2.18. The lowest BCUT2D eigenvalue weighted by atomic mass is 10.1. The second kappa shape index (κ2) is 4.93. The number of aromatic amines is 2. The predicted molar refractivity (Wildman–Crippen MR) is 59.7 cm³/mol. The molecule has 0 atom stereocenters. The molecule has 0 aliphatic heterocycles. The van der Waals surface area contributed by atoms with Crippen molar-refractivity contribution < 1.29 is 4.74 Å². The third-order valence-electron chi connectivity index (χ3n) is 1.93. The van der Waals surface area contributed by atoms with E-state index in [-0.39, 0.29) is 5.82 Å². The van der Waals surface area contributed by atoms with Gasteiger partial charge in [-0.1, -0.05) is 0 Å². The topological polar surface area (TPSA) is 99.9 Å². The molecule has 0 saturated carbocycles. The molecule has 0 fully saturated rings. The number of hydrogen-bond acceptors (Lipinski definition) is 5. The van der Waals surface area contributed by atoms with Crippen molar-refractivity contribution in [1.29, 1.82) is 0 Å². The molecule has 0 aliphatic carbocycles. The summed E-state index contributed by atoms with van der Waals surface area (Å²) >= 11 is 0. The van der Waals surface area contributed by atoms with Crippen LogP contribution in [0.3, 0.4) is 0 Å². The van der Waals surface area contributed by atoms with Crippen molar-refractivity contribution in [3.05, 3.63) is 20.8 Å². The van der Waals surface area contributed by atoms with Crippen LogP contribution in [0.4, 0.5) is 5.82 Å². The van der Waals surface area contributed by atoms with Crippen LogP contribution in [0, 0.1) is 0 Å². The largest absolute Gasteiger partial charge is 0.374 e. The summed E-state index contributed by atoms with van der Waals surface area (Å²) < 4.78 is 5.44. The molecular formula is C9H16N4O3. The van der Waals surface area contributed by atoms with Crippen molar-refractivity contribution in [2.45, 2.75) is 26.4 Å². The van der Waals surface area contributed by atoms with Gasteiger partial charge in [0, 0.05) is 13.2 Å². The van der Waals surface area contributed by atoms with E-state index in [2.05, 4.69) is 20.5 Å². The zero-order chi connectivity index (χ0) is 12.2. The van der Waals surface area contributed by atoms with Crippen LogP contribution >= 0.6 is 0 Å². The van der Waals surface area contributed by atoms with Gasteiger partial charge in [-0.3, -0.25) is 9.78 Å². The molecule has 7 nitrogen and oxygen atoms in total. The third kappa shape index (κ3) is 3.50. The van der Waals surface area contributed by atoms with Crippen molar-refractivity contribution in [3.8, 4) is 0 Å². The molecule has 0 unspecified atom stereocenters. The fourth-order valence-electron chi connectivity index (χ4n) is 1.21. The number of ether oxygens (including phenoxy) is 1. The van der Waals surface area contributed by atoms with E-state index in [1.165, 1.54) is 0 Å². The van der Waals surface area contributed by atoms with Gasteiger partial charge < -0.3 is 10.1 Å². The first-order valence-electron chi connectivity index (χ1n) is 5.01. The van der Waals surface area contributed by atoms with E-state index in [1.807, 2.05) is 20.8 Å². The highest BCUT2D eigenvalue weighted by molar-refractivity contribution is 5.29. The number of nitrogens with zero attached hydrogens (tertiary/aromatic N) is 1. The monoisotopic (exact) mass is 228 g/mol. The van der Waals surface area contributed by atoms with Gasteiger partial charge in [0.1, 0.15) is 0 Å². The summed E-state index contributed by atoms with van der Waals surface area (Å²) in [6, 6.07) is 0. The Balaban J connectivity index is 2.68. The van der Waals surface area contributed by atoms with Crippen LogP contribution in [0.2, 0.25) is 0 Å². The van der Waals surface area contributed by atoms with E-state index in [1.54, 1.807) is 0 Å². The average molecular weight is 228 g/mol. The van der Waals surface area contributed by atoms with E-state index in [4.69, 9.17) is 4.74 Å². The van der Waals surface area contributed by atoms with Crippen LogP contribution in [0.15, 0.2) is 9.59 Å². The summed E-state index contributed by atoms with van der Waals surface area (Å²) in [5.74, 6) is 0.0763. The van der Waals surface area contributed by atoms with Crippen molar-refractivity contribution in [2.75, 3.05) is 18.5 Å². The van der Waals surface area contributed by atoms with Gasteiger partial charge in [-0.05, 0) is 20.8 Å². The van der Waals surface area contributed by atoms with Crippen LogP contribution in [-0.4, -0.2) is 33.9 Å². The summed E-state index contributed by atoms with van der Waals surface area (Å²) in [7, 11) is 0. The number of H-pyrrole nitrogens is 2. The average Bonchev–Trinajstić information content (AvgIpc) is 2.16. The first-order valence-corrected chi connectivity index (χ1v) is 5.01. The summed E-state index contributed by atoms with van der Waals surface area (Å²) in [6.45, 7) is 6.69. The standard InChI is InChI=1S/C9H16N4O3/c1-4-16-9(2,3)5-10-6-7(14)11-8(15)13-12-6/h4-5H2,1-3H3,(H,10,12)(H2,11,13,14,15). The van der Waals surface area contributed by atoms with Gasteiger partial charge in [0.25, 0.3) is 5.56 Å². The summed E-state index contributed by atoms with van der Waals surface area (Å²) in [5.41, 5.74) is -1.57. The minimum absolute atomic E-state index is 0.0763. The highest BCUT2D eigenvalue weighted by atomic mass is 16.5. The van der Waals surface area contributed by atoms with E-state index in [0.29, 0.717) is 13.2 Å². The molecule has 0 amide bonds. The number of hydrogen-bond donors (Lipinski definition) is 3. The molecule has 1 aromatic rings. The number of rotatable bonds is 5. The molecule has 1 rings (SSSR count). The van der Waals surface area contributed by atoms with E-state index in [9.17, 15) is 9.59 Å². The molecule has 0 bridgehead atoms. The van der Waals surface area contributed by atoms with Crippen LogP contribution < -0.4 is 16.6 Å². The Labute approximate surface area is 92.2 Å². The Bertz CT molecular complexity index is 449. The Kier molecular flexibility index (Phi) is 3.83. The zero-order valence-electron chi connectivity index (χ0n) is 9.59. The van der Waals surface area contributed by atoms with Gasteiger partial charge in [0.05, 0.1) is 5.60 Å². The Hall–Kier alpha value is -1.63. The maximum Gasteiger partial charge on any atom is 0.342 e. The van der Waals surface area contributed by atoms with Crippen LogP contribution in [0.1, 0.15) is 20.8 Å². The number of nitrogens with one attached hydrogen (secondary N) is 3. The molecule has 16 heavy (non-hydrogen) atoms. The first kappa shape index (κ1) is 12.4. The maximum atomic E-state index is 11.3.